The maximum atomic E-state index is 11.1. The summed E-state index contributed by atoms with van der Waals surface area (Å²) in [6, 6.07) is 5.22. The van der Waals surface area contributed by atoms with Crippen LogP contribution in [0.25, 0.3) is 16.5 Å². The molecule has 1 aliphatic heterocycles. The third-order valence-corrected chi connectivity index (χ3v) is 3.69. The molecule has 1 aromatic heterocycles. The first-order chi connectivity index (χ1) is 9.15. The minimum atomic E-state index is -0.883. The number of aromatic carboxylic acids is 1. The van der Waals surface area contributed by atoms with E-state index in [0.717, 1.165) is 36.0 Å². The SMILES string of the molecule is CN1CC=C(c2c[nH]c3ccc(C(=O)O)cc23)CC1. The van der Waals surface area contributed by atoms with Gasteiger partial charge in [0.2, 0.25) is 0 Å². The van der Waals surface area contributed by atoms with E-state index >= 15 is 0 Å². The van der Waals surface area contributed by atoms with Gasteiger partial charge in [-0.05, 0) is 37.2 Å². The van der Waals surface area contributed by atoms with Gasteiger partial charge in [0.1, 0.15) is 0 Å². The van der Waals surface area contributed by atoms with E-state index in [1.807, 2.05) is 12.3 Å². The van der Waals surface area contributed by atoms with Crippen molar-refractivity contribution in [2.45, 2.75) is 6.42 Å². The molecule has 0 atom stereocenters. The van der Waals surface area contributed by atoms with Crippen LogP contribution in [0.3, 0.4) is 0 Å². The van der Waals surface area contributed by atoms with Gasteiger partial charge in [0, 0.05) is 35.8 Å². The second kappa shape index (κ2) is 4.55. The lowest BCUT2D eigenvalue weighted by Gasteiger charge is -2.21. The molecule has 0 radical (unpaired) electrons. The molecule has 0 fully saturated rings. The summed E-state index contributed by atoms with van der Waals surface area (Å²) in [7, 11) is 2.10. The van der Waals surface area contributed by atoms with Gasteiger partial charge in [0.25, 0.3) is 0 Å². The van der Waals surface area contributed by atoms with E-state index in [4.69, 9.17) is 5.11 Å². The van der Waals surface area contributed by atoms with Gasteiger partial charge in [0.15, 0.2) is 0 Å². The predicted molar refractivity (Wildman–Crippen MR) is 75.3 cm³/mol. The van der Waals surface area contributed by atoms with E-state index < -0.39 is 5.97 Å². The van der Waals surface area contributed by atoms with Gasteiger partial charge >= 0.3 is 5.97 Å². The summed E-state index contributed by atoms with van der Waals surface area (Å²) < 4.78 is 0. The number of nitrogens with one attached hydrogen (secondary N) is 1. The van der Waals surface area contributed by atoms with E-state index in [2.05, 4.69) is 23.0 Å². The van der Waals surface area contributed by atoms with E-state index in [1.165, 1.54) is 5.57 Å². The van der Waals surface area contributed by atoms with Crippen LogP contribution in [0.5, 0.6) is 0 Å². The Labute approximate surface area is 111 Å². The fourth-order valence-electron chi connectivity index (χ4n) is 2.53. The third kappa shape index (κ3) is 2.15. The van der Waals surface area contributed by atoms with Crippen molar-refractivity contribution in [3.05, 3.63) is 41.6 Å². The lowest BCUT2D eigenvalue weighted by molar-refractivity contribution is 0.0697. The normalized spacial score (nSPS) is 16.6. The molecule has 98 valence electrons. The Morgan fingerprint density at radius 3 is 2.95 bits per heavy atom. The number of hydrogen-bond acceptors (Lipinski definition) is 2. The molecule has 2 heterocycles. The van der Waals surface area contributed by atoms with Crippen molar-refractivity contribution >= 4 is 22.4 Å². The molecule has 0 spiro atoms. The Bertz CT molecular complexity index is 670. The second-order valence-corrected chi connectivity index (χ2v) is 5.01. The highest BCUT2D eigenvalue weighted by Gasteiger charge is 2.14. The number of carboxylic acid groups (broad SMARTS) is 1. The zero-order valence-corrected chi connectivity index (χ0v) is 10.8. The Morgan fingerprint density at radius 1 is 1.42 bits per heavy atom. The van der Waals surface area contributed by atoms with Crippen LogP contribution in [-0.4, -0.2) is 41.1 Å². The number of likely N-dealkylation sites (N-methyl/N-ethyl adjacent to an activating group) is 1. The molecule has 0 saturated heterocycles. The first kappa shape index (κ1) is 12.0. The molecule has 3 rings (SSSR count). The zero-order valence-electron chi connectivity index (χ0n) is 10.8. The largest absolute Gasteiger partial charge is 0.478 e. The van der Waals surface area contributed by atoms with Crippen LogP contribution in [-0.2, 0) is 0 Å². The van der Waals surface area contributed by atoms with Crippen LogP contribution >= 0.6 is 0 Å². The van der Waals surface area contributed by atoms with Crippen LogP contribution in [0, 0.1) is 0 Å². The van der Waals surface area contributed by atoms with E-state index in [1.54, 1.807) is 12.1 Å². The number of carboxylic acids is 1. The quantitative estimate of drug-likeness (QED) is 0.868. The Hall–Kier alpha value is -2.07. The number of nitrogens with zero attached hydrogens (tertiary/aromatic N) is 1. The number of carbonyl (C=O) groups is 1. The number of fused-ring (bicyclic) bond motifs is 1. The van der Waals surface area contributed by atoms with E-state index in [-0.39, 0.29) is 0 Å². The van der Waals surface area contributed by atoms with E-state index in [9.17, 15) is 4.79 Å². The molecule has 0 aliphatic carbocycles. The van der Waals surface area contributed by atoms with Crippen molar-refractivity contribution < 1.29 is 9.90 Å². The Kier molecular flexibility index (Phi) is 2.87. The van der Waals surface area contributed by atoms with Gasteiger partial charge in [-0.2, -0.15) is 0 Å². The van der Waals surface area contributed by atoms with Crippen molar-refractivity contribution in [3.8, 4) is 0 Å². The molecule has 2 N–H and O–H groups in total. The molecule has 2 aromatic rings. The molecule has 1 aliphatic rings. The maximum absolute atomic E-state index is 11.1. The highest BCUT2D eigenvalue weighted by molar-refractivity contribution is 5.98. The average Bonchev–Trinajstić information content (AvgIpc) is 2.82. The Balaban J connectivity index is 2.09. The number of aromatic amines is 1. The van der Waals surface area contributed by atoms with Gasteiger partial charge in [0.05, 0.1) is 5.56 Å². The number of benzene rings is 1. The van der Waals surface area contributed by atoms with Gasteiger partial charge in [-0.3, -0.25) is 0 Å². The second-order valence-electron chi connectivity index (χ2n) is 5.01. The molecule has 0 amide bonds. The first-order valence-electron chi connectivity index (χ1n) is 6.37. The molecular weight excluding hydrogens is 240 g/mol. The lowest BCUT2D eigenvalue weighted by Crippen LogP contribution is -2.23. The lowest BCUT2D eigenvalue weighted by atomic mass is 9.98. The number of aromatic nitrogens is 1. The molecule has 0 unspecified atom stereocenters. The van der Waals surface area contributed by atoms with Crippen LogP contribution in [0.1, 0.15) is 22.3 Å². The smallest absolute Gasteiger partial charge is 0.335 e. The number of hydrogen-bond donors (Lipinski definition) is 2. The summed E-state index contributed by atoms with van der Waals surface area (Å²) >= 11 is 0. The van der Waals surface area contributed by atoms with Crippen molar-refractivity contribution in [2.24, 2.45) is 0 Å². The monoisotopic (exact) mass is 256 g/mol. The standard InChI is InChI=1S/C15H16N2O2/c1-17-6-4-10(5-7-17)13-9-16-14-3-2-11(15(18)19)8-12(13)14/h2-4,8-9,16H,5-7H2,1H3,(H,18,19). The molecule has 0 saturated carbocycles. The molecule has 0 bridgehead atoms. The highest BCUT2D eigenvalue weighted by atomic mass is 16.4. The van der Waals surface area contributed by atoms with Crippen molar-refractivity contribution in [3.63, 3.8) is 0 Å². The summed E-state index contributed by atoms with van der Waals surface area (Å²) in [4.78, 5) is 16.5. The van der Waals surface area contributed by atoms with Gasteiger partial charge in [-0.1, -0.05) is 6.08 Å². The topological polar surface area (TPSA) is 56.3 Å². The number of rotatable bonds is 2. The van der Waals surface area contributed by atoms with Crippen LogP contribution < -0.4 is 0 Å². The summed E-state index contributed by atoms with van der Waals surface area (Å²) in [6.45, 7) is 1.98. The number of H-pyrrole nitrogens is 1. The summed E-state index contributed by atoms with van der Waals surface area (Å²) in [5.41, 5.74) is 3.75. The van der Waals surface area contributed by atoms with Gasteiger partial charge < -0.3 is 15.0 Å². The Morgan fingerprint density at radius 2 is 2.26 bits per heavy atom. The molecule has 19 heavy (non-hydrogen) atoms. The summed E-state index contributed by atoms with van der Waals surface area (Å²) in [5.74, 6) is -0.883. The fraction of sp³-hybridized carbons (Fsp3) is 0.267. The van der Waals surface area contributed by atoms with Gasteiger partial charge in [-0.15, -0.1) is 0 Å². The van der Waals surface area contributed by atoms with Crippen LogP contribution in [0.4, 0.5) is 0 Å². The highest BCUT2D eigenvalue weighted by Crippen LogP contribution is 2.29. The predicted octanol–water partition coefficient (Wildman–Crippen LogP) is 2.59. The molecule has 4 heteroatoms. The first-order valence-corrected chi connectivity index (χ1v) is 6.37. The minimum Gasteiger partial charge on any atom is -0.478 e. The minimum absolute atomic E-state index is 0.335. The fourth-order valence-corrected chi connectivity index (χ4v) is 2.53. The molecular formula is C15H16N2O2. The summed E-state index contributed by atoms with van der Waals surface area (Å²) in [6.07, 6.45) is 5.20. The van der Waals surface area contributed by atoms with Gasteiger partial charge in [-0.25, -0.2) is 4.79 Å². The third-order valence-electron chi connectivity index (χ3n) is 3.69. The summed E-state index contributed by atoms with van der Waals surface area (Å²) in [5, 5.41) is 10.1. The van der Waals surface area contributed by atoms with Crippen molar-refractivity contribution in [1.82, 2.24) is 9.88 Å². The maximum Gasteiger partial charge on any atom is 0.335 e. The van der Waals surface area contributed by atoms with Crippen molar-refractivity contribution in [1.29, 1.82) is 0 Å². The van der Waals surface area contributed by atoms with Crippen LogP contribution in [0.2, 0.25) is 0 Å². The van der Waals surface area contributed by atoms with E-state index in [0.29, 0.717) is 5.56 Å². The zero-order chi connectivity index (χ0) is 13.4. The van der Waals surface area contributed by atoms with Crippen LogP contribution in [0.15, 0.2) is 30.5 Å². The molecule has 1 aromatic carbocycles. The van der Waals surface area contributed by atoms with Crippen molar-refractivity contribution in [2.75, 3.05) is 20.1 Å². The molecule has 4 nitrogen and oxygen atoms in total. The average molecular weight is 256 g/mol.